The third kappa shape index (κ3) is 5.92. The Morgan fingerprint density at radius 2 is 1.73 bits per heavy atom. The van der Waals surface area contributed by atoms with E-state index in [2.05, 4.69) is 27.6 Å². The zero-order valence-electron chi connectivity index (χ0n) is 14.7. The summed E-state index contributed by atoms with van der Waals surface area (Å²) in [5.41, 5.74) is 0.192. The first-order valence-corrected chi connectivity index (χ1v) is 9.44. The van der Waals surface area contributed by atoms with Gasteiger partial charge in [-0.2, -0.15) is 0 Å². The zero-order chi connectivity index (χ0) is 19.3. The van der Waals surface area contributed by atoms with Crippen molar-refractivity contribution in [1.82, 2.24) is 0 Å². The maximum absolute atomic E-state index is 12.9. The van der Waals surface area contributed by atoms with E-state index in [9.17, 15) is 9.59 Å². The highest BCUT2D eigenvalue weighted by molar-refractivity contribution is 14.1. The Morgan fingerprint density at radius 1 is 1.12 bits per heavy atom. The molecule has 1 unspecified atom stereocenters. The normalized spacial score (nSPS) is 12.8. The van der Waals surface area contributed by atoms with Crippen LogP contribution in [0.15, 0.2) is 53.5 Å². The van der Waals surface area contributed by atoms with E-state index in [-0.39, 0.29) is 10.6 Å². The Morgan fingerprint density at radius 3 is 2.31 bits per heavy atom. The average molecular weight is 484 g/mol. The number of carbonyl (C=O) groups is 2. The number of aliphatic imine (C=N–C) groups is 1. The highest BCUT2D eigenvalue weighted by atomic mass is 127. The molecular weight excluding hydrogens is 465 g/mol. The number of ketones is 1. The Balaban J connectivity index is 2.35. The highest BCUT2D eigenvalue weighted by Crippen LogP contribution is 2.22. The van der Waals surface area contributed by atoms with Crippen LogP contribution in [0.25, 0.3) is 0 Å². The smallest absolute Gasteiger partial charge is 0.322 e. The maximum atomic E-state index is 12.9. The first-order chi connectivity index (χ1) is 12.2. The van der Waals surface area contributed by atoms with E-state index in [1.165, 1.54) is 6.21 Å². The van der Waals surface area contributed by atoms with Crippen molar-refractivity contribution in [2.24, 2.45) is 10.9 Å². The molecule has 2 aromatic rings. The summed E-state index contributed by atoms with van der Waals surface area (Å²) in [6.45, 7) is 5.24. The summed E-state index contributed by atoms with van der Waals surface area (Å²) in [6.07, 6.45) is 1.32. The van der Waals surface area contributed by atoms with Crippen LogP contribution >= 0.6 is 34.2 Å². The molecule has 2 rings (SSSR count). The van der Waals surface area contributed by atoms with Gasteiger partial charge in [0.15, 0.2) is 11.7 Å². The Labute approximate surface area is 171 Å². The van der Waals surface area contributed by atoms with E-state index < -0.39 is 23.3 Å². The van der Waals surface area contributed by atoms with Crippen LogP contribution in [0.4, 0.5) is 5.69 Å². The van der Waals surface area contributed by atoms with Crippen LogP contribution in [0.2, 0.25) is 5.02 Å². The van der Waals surface area contributed by atoms with Gasteiger partial charge in [-0.05, 0) is 79.8 Å². The fourth-order valence-electron chi connectivity index (χ4n) is 2.12. The maximum Gasteiger partial charge on any atom is 0.322 e. The minimum Gasteiger partial charge on any atom is -0.459 e. The van der Waals surface area contributed by atoms with E-state index in [4.69, 9.17) is 16.3 Å². The lowest BCUT2D eigenvalue weighted by molar-refractivity contribution is -0.155. The van der Waals surface area contributed by atoms with Gasteiger partial charge >= 0.3 is 5.97 Å². The first-order valence-electron chi connectivity index (χ1n) is 7.99. The van der Waals surface area contributed by atoms with E-state index in [1.807, 2.05) is 24.3 Å². The monoisotopic (exact) mass is 483 g/mol. The average Bonchev–Trinajstić information content (AvgIpc) is 2.55. The van der Waals surface area contributed by atoms with Gasteiger partial charge in [-0.3, -0.25) is 14.6 Å². The molecule has 6 heteroatoms. The molecule has 0 aliphatic carbocycles. The lowest BCUT2D eigenvalue weighted by Gasteiger charge is -2.22. The molecule has 0 N–H and O–H groups in total. The van der Waals surface area contributed by atoms with Crippen molar-refractivity contribution in [1.29, 1.82) is 0 Å². The number of ether oxygens (including phenoxy) is 1. The van der Waals surface area contributed by atoms with Crippen LogP contribution in [0.3, 0.4) is 0 Å². The first kappa shape index (κ1) is 20.6. The van der Waals surface area contributed by atoms with Gasteiger partial charge in [-0.1, -0.05) is 23.7 Å². The summed E-state index contributed by atoms with van der Waals surface area (Å²) in [4.78, 5) is 29.8. The van der Waals surface area contributed by atoms with Crippen LogP contribution in [-0.4, -0.2) is 23.6 Å². The van der Waals surface area contributed by atoms with Gasteiger partial charge in [0.25, 0.3) is 0 Å². The van der Waals surface area contributed by atoms with E-state index in [1.54, 1.807) is 45.0 Å². The summed E-state index contributed by atoms with van der Waals surface area (Å²) in [7, 11) is 0. The number of carbonyl (C=O) groups excluding carboxylic acids is 2. The molecule has 0 aromatic heterocycles. The molecule has 0 amide bonds. The lowest BCUT2D eigenvalue weighted by Crippen LogP contribution is -2.33. The zero-order valence-corrected chi connectivity index (χ0v) is 17.6. The molecule has 4 nitrogen and oxygen atoms in total. The van der Waals surface area contributed by atoms with Crippen molar-refractivity contribution in [3.63, 3.8) is 0 Å². The highest BCUT2D eigenvalue weighted by Gasteiger charge is 2.31. The van der Waals surface area contributed by atoms with E-state index in [0.29, 0.717) is 5.69 Å². The van der Waals surface area contributed by atoms with Crippen LogP contribution in [-0.2, 0) is 9.53 Å². The van der Waals surface area contributed by atoms with Crippen molar-refractivity contribution in [2.75, 3.05) is 0 Å². The van der Waals surface area contributed by atoms with E-state index >= 15 is 0 Å². The van der Waals surface area contributed by atoms with Crippen LogP contribution in [0.5, 0.6) is 0 Å². The summed E-state index contributed by atoms with van der Waals surface area (Å²) < 4.78 is 6.46. The Hall–Kier alpha value is -1.73. The molecule has 0 bridgehead atoms. The Kier molecular flexibility index (Phi) is 6.94. The molecule has 0 saturated heterocycles. The Bertz CT molecular complexity index is 826. The molecule has 0 radical (unpaired) electrons. The van der Waals surface area contributed by atoms with Crippen LogP contribution in [0.1, 0.15) is 31.1 Å². The molecule has 0 aliphatic rings. The second-order valence-corrected chi connectivity index (χ2v) is 8.26. The summed E-state index contributed by atoms with van der Waals surface area (Å²) >= 11 is 8.31. The van der Waals surface area contributed by atoms with Crippen LogP contribution < -0.4 is 0 Å². The molecular formula is C20H19ClINO3. The summed E-state index contributed by atoms with van der Waals surface area (Å²) in [5.74, 6) is -2.27. The van der Waals surface area contributed by atoms with Gasteiger partial charge in [0.05, 0.1) is 10.7 Å². The standard InChI is InChI=1S/C20H19ClINO3/c1-20(2,3)26-19(25)16(12-23-14-10-8-13(22)9-11-14)18(24)15-6-4-5-7-17(15)21/h4-12,16H,1-3H3. The number of Topliss-reactive ketones (excluding diaryl/α,β-unsaturated/α-hetero) is 1. The predicted octanol–water partition coefficient (Wildman–Crippen LogP) is 5.49. The van der Waals surface area contributed by atoms with Crippen LogP contribution in [0, 0.1) is 9.49 Å². The summed E-state index contributed by atoms with van der Waals surface area (Å²) in [5, 5.41) is 0.286. The molecule has 26 heavy (non-hydrogen) atoms. The van der Waals surface area contributed by atoms with Gasteiger partial charge in [0.2, 0.25) is 0 Å². The molecule has 0 saturated carbocycles. The SMILES string of the molecule is CC(C)(C)OC(=O)C(C=Nc1ccc(I)cc1)C(=O)c1ccccc1Cl. The van der Waals surface area contributed by atoms with Gasteiger partial charge in [0.1, 0.15) is 5.60 Å². The predicted molar refractivity (Wildman–Crippen MR) is 112 cm³/mol. The minimum absolute atomic E-state index is 0.263. The summed E-state index contributed by atoms with van der Waals surface area (Å²) in [6, 6.07) is 14.0. The van der Waals surface area contributed by atoms with E-state index in [0.717, 1.165) is 3.57 Å². The quantitative estimate of drug-likeness (QED) is 0.186. The second kappa shape index (κ2) is 8.77. The van der Waals surface area contributed by atoms with Crippen molar-refractivity contribution in [3.8, 4) is 0 Å². The number of esters is 1. The number of hydrogen-bond acceptors (Lipinski definition) is 4. The largest absolute Gasteiger partial charge is 0.459 e. The third-order valence-electron chi connectivity index (χ3n) is 3.28. The number of nitrogens with zero attached hydrogens (tertiary/aromatic N) is 1. The van der Waals surface area contributed by atoms with Gasteiger partial charge in [-0.25, -0.2) is 0 Å². The molecule has 2 aromatic carbocycles. The van der Waals surface area contributed by atoms with Gasteiger partial charge in [-0.15, -0.1) is 0 Å². The van der Waals surface area contributed by atoms with Gasteiger partial charge < -0.3 is 4.74 Å². The van der Waals surface area contributed by atoms with Gasteiger partial charge in [0, 0.05) is 15.3 Å². The molecule has 136 valence electrons. The number of halogens is 2. The third-order valence-corrected chi connectivity index (χ3v) is 4.33. The molecule has 0 spiro atoms. The lowest BCUT2D eigenvalue weighted by atomic mass is 9.98. The van der Waals surface area contributed by atoms with Crippen molar-refractivity contribution >= 4 is 57.8 Å². The molecule has 1 atom stereocenters. The van der Waals surface area contributed by atoms with Crippen molar-refractivity contribution < 1.29 is 14.3 Å². The molecule has 0 heterocycles. The topological polar surface area (TPSA) is 55.7 Å². The number of hydrogen-bond donors (Lipinski definition) is 0. The van der Waals surface area contributed by atoms with Crippen molar-refractivity contribution in [3.05, 3.63) is 62.7 Å². The number of rotatable bonds is 5. The second-order valence-electron chi connectivity index (χ2n) is 6.61. The molecule has 0 aliphatic heterocycles. The fourth-order valence-corrected chi connectivity index (χ4v) is 2.71. The molecule has 0 fully saturated rings. The number of benzene rings is 2. The van der Waals surface area contributed by atoms with Crippen molar-refractivity contribution in [2.45, 2.75) is 26.4 Å². The fraction of sp³-hybridized carbons (Fsp3) is 0.250. The minimum atomic E-state index is -1.17.